The number of amidine groups is 1. The van der Waals surface area contributed by atoms with E-state index in [4.69, 9.17) is 16.9 Å². The molecule has 1 amide bonds. The van der Waals surface area contributed by atoms with Crippen LogP contribution in [0.2, 0.25) is 0 Å². The number of fused-ring (bicyclic) bond motifs is 1. The first-order chi connectivity index (χ1) is 18.6. The lowest BCUT2D eigenvalue weighted by atomic mass is 9.82. The molecule has 0 unspecified atom stereocenters. The molecule has 0 radical (unpaired) electrons. The molecule has 3 aromatic rings. The van der Waals surface area contributed by atoms with Crippen molar-refractivity contribution in [3.8, 4) is 18.2 Å². The Kier molecular flexibility index (Phi) is 8.01. The predicted molar refractivity (Wildman–Crippen MR) is 149 cm³/mol. The molecule has 3 N–H and O–H groups in total. The molecule has 0 bridgehead atoms. The zero-order valence-corrected chi connectivity index (χ0v) is 22.4. The Morgan fingerprint density at radius 2 is 2.15 bits per heavy atom. The number of nitrogens with one attached hydrogen (secondary N) is 1. The van der Waals surface area contributed by atoms with Gasteiger partial charge in [-0.3, -0.25) is 4.79 Å². The standard InChI is InChI=1S/C27H27F2N7O2S/c1-5-12-38-21-14-32-23-20(34-21)9-11-31-24(23)33-17-6-7-19(29)18(13-17)27(16-28)15-26(2,39-25(30)35-27)10-8-22(37)36(3)4/h1,6-11,13-14H,12,15-16H2,2-4H3,(H2,30,35)(H,31,33)/b10-8+/t26-,27+/m0/s1. The highest BCUT2D eigenvalue weighted by atomic mass is 32.2. The normalized spacial score (nSPS) is 20.9. The fourth-order valence-electron chi connectivity index (χ4n) is 4.22. The van der Waals surface area contributed by atoms with Gasteiger partial charge in [-0.2, -0.15) is 0 Å². The Bertz CT molecular complexity index is 1510. The molecule has 2 atom stereocenters. The Morgan fingerprint density at radius 1 is 1.36 bits per heavy atom. The first-order valence-electron chi connectivity index (χ1n) is 11.8. The lowest BCUT2D eigenvalue weighted by Crippen LogP contribution is -2.43. The first kappa shape index (κ1) is 27.8. The average molecular weight is 552 g/mol. The van der Waals surface area contributed by atoms with Gasteiger partial charge in [-0.1, -0.05) is 23.8 Å². The van der Waals surface area contributed by atoms with Crippen molar-refractivity contribution in [2.75, 3.05) is 32.7 Å². The topological polar surface area (TPSA) is 119 Å². The Hall–Kier alpha value is -4.24. The maximum Gasteiger partial charge on any atom is 0.245 e. The fraction of sp³-hybridized carbons (Fsp3) is 0.296. The number of rotatable bonds is 8. The van der Waals surface area contributed by atoms with Gasteiger partial charge in [-0.25, -0.2) is 28.7 Å². The average Bonchev–Trinajstić information content (AvgIpc) is 2.91. The molecule has 39 heavy (non-hydrogen) atoms. The Morgan fingerprint density at radius 3 is 2.87 bits per heavy atom. The van der Waals surface area contributed by atoms with Gasteiger partial charge >= 0.3 is 0 Å². The highest BCUT2D eigenvalue weighted by molar-refractivity contribution is 8.15. The third kappa shape index (κ3) is 6.09. The van der Waals surface area contributed by atoms with Gasteiger partial charge in [0.05, 0.1) is 11.7 Å². The van der Waals surface area contributed by atoms with Crippen LogP contribution in [0.4, 0.5) is 20.3 Å². The highest BCUT2D eigenvalue weighted by Gasteiger charge is 2.45. The van der Waals surface area contributed by atoms with E-state index in [0.717, 1.165) is 0 Å². The summed E-state index contributed by atoms with van der Waals surface area (Å²) in [6.45, 7) is 0.860. The lowest BCUT2D eigenvalue weighted by Gasteiger charge is -2.40. The molecule has 1 aromatic carbocycles. The molecular weight excluding hydrogens is 524 g/mol. The number of anilines is 2. The second-order valence-corrected chi connectivity index (χ2v) is 10.9. The summed E-state index contributed by atoms with van der Waals surface area (Å²) in [6, 6.07) is 5.88. The number of aliphatic imine (C=N–C) groups is 1. The molecule has 202 valence electrons. The van der Waals surface area contributed by atoms with E-state index >= 15 is 4.39 Å². The summed E-state index contributed by atoms with van der Waals surface area (Å²) < 4.78 is 34.6. The van der Waals surface area contributed by atoms with Gasteiger partial charge in [-0.15, -0.1) is 6.42 Å². The van der Waals surface area contributed by atoms with E-state index < -0.39 is 22.8 Å². The summed E-state index contributed by atoms with van der Waals surface area (Å²) in [5.41, 5.74) is 5.90. The number of hydrogen-bond acceptors (Lipinski definition) is 9. The van der Waals surface area contributed by atoms with E-state index in [9.17, 15) is 9.18 Å². The van der Waals surface area contributed by atoms with Gasteiger partial charge in [-0.05, 0) is 37.6 Å². The zero-order valence-electron chi connectivity index (χ0n) is 21.6. The zero-order chi connectivity index (χ0) is 28.2. The molecule has 0 aliphatic carbocycles. The molecule has 0 saturated carbocycles. The molecule has 4 rings (SSSR count). The molecule has 1 aliphatic rings. The van der Waals surface area contributed by atoms with Crippen LogP contribution in [0.1, 0.15) is 18.9 Å². The maximum absolute atomic E-state index is 15.3. The van der Waals surface area contributed by atoms with Crippen LogP contribution in [0.25, 0.3) is 11.0 Å². The number of benzene rings is 1. The number of halogens is 2. The number of nitrogens with zero attached hydrogens (tertiary/aromatic N) is 5. The van der Waals surface area contributed by atoms with Gasteiger partial charge in [0.1, 0.15) is 23.5 Å². The molecule has 0 saturated heterocycles. The largest absolute Gasteiger partial charge is 0.463 e. The van der Waals surface area contributed by atoms with Crippen molar-refractivity contribution in [1.29, 1.82) is 0 Å². The van der Waals surface area contributed by atoms with Crippen LogP contribution in [0.15, 0.2) is 53.8 Å². The van der Waals surface area contributed by atoms with Crippen molar-refractivity contribution in [1.82, 2.24) is 19.9 Å². The molecule has 0 spiro atoms. The molecule has 2 aromatic heterocycles. The third-order valence-corrected chi connectivity index (χ3v) is 7.06. The van der Waals surface area contributed by atoms with Crippen molar-refractivity contribution < 1.29 is 18.3 Å². The van der Waals surface area contributed by atoms with E-state index in [1.165, 1.54) is 53.3 Å². The molecule has 3 heterocycles. The summed E-state index contributed by atoms with van der Waals surface area (Å²) in [4.78, 5) is 31.0. The molecule has 0 fully saturated rings. The van der Waals surface area contributed by atoms with E-state index in [1.807, 2.05) is 6.92 Å². The number of carbonyl (C=O) groups is 1. The summed E-state index contributed by atoms with van der Waals surface area (Å²) in [5, 5.41) is 3.21. The number of hydrogen-bond donors (Lipinski definition) is 2. The highest BCUT2D eigenvalue weighted by Crippen LogP contribution is 2.47. The van der Waals surface area contributed by atoms with Crippen molar-refractivity contribution in [3.63, 3.8) is 0 Å². The molecular formula is C27H27F2N7O2S. The summed E-state index contributed by atoms with van der Waals surface area (Å²) >= 11 is 1.19. The number of alkyl halides is 1. The van der Waals surface area contributed by atoms with Gasteiger partial charge in [0, 0.05) is 42.4 Å². The monoisotopic (exact) mass is 551 g/mol. The SMILES string of the molecule is C#CCOc1cnc2c(Nc3ccc(F)c([C@]4(CF)C[C@](C)(/C=C/C(=O)N(C)C)SC(N)=N4)c3)nccc2n1. The van der Waals surface area contributed by atoms with E-state index in [0.29, 0.717) is 22.5 Å². The van der Waals surface area contributed by atoms with E-state index in [1.54, 1.807) is 26.2 Å². The van der Waals surface area contributed by atoms with E-state index in [2.05, 4.69) is 31.2 Å². The Labute approximate surface area is 229 Å². The number of ether oxygens (including phenoxy) is 1. The van der Waals surface area contributed by atoms with Crippen molar-refractivity contribution >= 4 is 45.4 Å². The second-order valence-electron chi connectivity index (χ2n) is 9.32. The third-order valence-electron chi connectivity index (χ3n) is 6.02. The van der Waals surface area contributed by atoms with E-state index in [-0.39, 0.29) is 35.5 Å². The number of nitrogens with two attached hydrogens (primary N) is 1. The van der Waals surface area contributed by atoms with Crippen molar-refractivity contribution in [2.24, 2.45) is 10.7 Å². The second kappa shape index (κ2) is 11.2. The van der Waals surface area contributed by atoms with Crippen LogP contribution in [0, 0.1) is 18.2 Å². The Balaban J connectivity index is 1.69. The van der Waals surface area contributed by atoms with Crippen molar-refractivity contribution in [3.05, 3.63) is 60.2 Å². The predicted octanol–water partition coefficient (Wildman–Crippen LogP) is 3.94. The summed E-state index contributed by atoms with van der Waals surface area (Å²) in [6.07, 6.45) is 11.3. The van der Waals surface area contributed by atoms with Crippen LogP contribution in [0.3, 0.4) is 0 Å². The minimum Gasteiger partial charge on any atom is -0.463 e. The van der Waals surface area contributed by atoms with Crippen LogP contribution in [-0.4, -0.2) is 63.1 Å². The minimum absolute atomic E-state index is 0.0214. The van der Waals surface area contributed by atoms with Gasteiger partial charge < -0.3 is 20.7 Å². The number of aromatic nitrogens is 3. The number of terminal acetylenes is 1. The van der Waals surface area contributed by atoms with Gasteiger partial charge in [0.25, 0.3) is 0 Å². The van der Waals surface area contributed by atoms with Crippen molar-refractivity contribution in [2.45, 2.75) is 23.6 Å². The minimum atomic E-state index is -1.60. The summed E-state index contributed by atoms with van der Waals surface area (Å²) in [7, 11) is 3.25. The van der Waals surface area contributed by atoms with Crippen LogP contribution < -0.4 is 15.8 Å². The summed E-state index contributed by atoms with van der Waals surface area (Å²) in [5.74, 6) is 2.11. The van der Waals surface area contributed by atoms with Crippen LogP contribution in [-0.2, 0) is 10.3 Å². The molecule has 1 aliphatic heterocycles. The van der Waals surface area contributed by atoms with Gasteiger partial charge in [0.15, 0.2) is 17.6 Å². The van der Waals surface area contributed by atoms with Gasteiger partial charge in [0.2, 0.25) is 11.8 Å². The first-order valence-corrected chi connectivity index (χ1v) is 12.7. The number of carbonyl (C=O) groups excluding carboxylic acids is 1. The quantitative estimate of drug-likeness (QED) is 0.319. The number of thioether (sulfide) groups is 1. The van der Waals surface area contributed by atoms with Crippen LogP contribution >= 0.6 is 11.8 Å². The fourth-order valence-corrected chi connectivity index (χ4v) is 5.37. The van der Waals surface area contributed by atoms with Crippen LogP contribution in [0.5, 0.6) is 5.88 Å². The number of pyridine rings is 1. The maximum atomic E-state index is 15.3. The number of likely N-dealkylation sites (N-methyl/N-ethyl adjacent to an activating group) is 1. The smallest absolute Gasteiger partial charge is 0.245 e. The lowest BCUT2D eigenvalue weighted by molar-refractivity contribution is -0.123. The molecule has 12 heteroatoms. The number of amides is 1. The molecule has 9 nitrogen and oxygen atoms in total.